The number of aliphatic hydroxyl groups is 2. The van der Waals surface area contributed by atoms with Crippen LogP contribution in [0.15, 0.2) is 23.5 Å². The molecule has 0 aromatic carbocycles. The van der Waals surface area contributed by atoms with Gasteiger partial charge in [-0.3, -0.25) is 0 Å². The zero-order valence-electron chi connectivity index (χ0n) is 9.89. The van der Waals surface area contributed by atoms with Gasteiger partial charge in [-0.15, -0.1) is 0 Å². The standard InChI is InChI=1S/C13H21NO2/c1-10-5-6-12(15)11(13(10)16)9-14-7-3-2-4-8-14/h5-6,11-12,15-16H,2-4,7-9H2,1H3/t11-,12?/m0/s1. The first-order chi connectivity index (χ1) is 7.68. The van der Waals surface area contributed by atoms with Crippen molar-refractivity contribution in [3.8, 4) is 0 Å². The van der Waals surface area contributed by atoms with Crippen LogP contribution in [0.2, 0.25) is 0 Å². The van der Waals surface area contributed by atoms with Crippen LogP contribution in [0.25, 0.3) is 0 Å². The smallest absolute Gasteiger partial charge is 0.102 e. The molecule has 0 aromatic rings. The molecule has 1 aliphatic heterocycles. The molecule has 3 heteroatoms. The van der Waals surface area contributed by atoms with Crippen LogP contribution in [0, 0.1) is 5.92 Å². The molecule has 0 amide bonds. The molecule has 3 nitrogen and oxygen atoms in total. The molecule has 1 fully saturated rings. The lowest BCUT2D eigenvalue weighted by Crippen LogP contribution is -2.39. The van der Waals surface area contributed by atoms with Crippen molar-refractivity contribution in [1.29, 1.82) is 0 Å². The number of rotatable bonds is 2. The molecule has 0 saturated carbocycles. The number of hydrogen-bond donors (Lipinski definition) is 2. The second-order valence-corrected chi connectivity index (χ2v) is 4.89. The third-order valence-corrected chi connectivity index (χ3v) is 3.61. The summed E-state index contributed by atoms with van der Waals surface area (Å²) in [5, 5.41) is 19.9. The fourth-order valence-corrected chi connectivity index (χ4v) is 2.53. The Kier molecular flexibility index (Phi) is 3.66. The number of nitrogens with zero attached hydrogens (tertiary/aromatic N) is 1. The zero-order valence-corrected chi connectivity index (χ0v) is 9.89. The normalized spacial score (nSPS) is 32.1. The lowest BCUT2D eigenvalue weighted by molar-refractivity contribution is 0.0945. The largest absolute Gasteiger partial charge is 0.512 e. The molecule has 0 spiro atoms. The van der Waals surface area contributed by atoms with Gasteiger partial charge in [0, 0.05) is 6.54 Å². The molecule has 2 aliphatic rings. The van der Waals surface area contributed by atoms with E-state index in [-0.39, 0.29) is 5.92 Å². The van der Waals surface area contributed by atoms with Gasteiger partial charge in [-0.1, -0.05) is 18.6 Å². The van der Waals surface area contributed by atoms with E-state index in [4.69, 9.17) is 0 Å². The van der Waals surface area contributed by atoms with Crippen molar-refractivity contribution in [2.75, 3.05) is 19.6 Å². The Morgan fingerprint density at radius 3 is 2.69 bits per heavy atom. The molecule has 0 aromatic heterocycles. The van der Waals surface area contributed by atoms with Gasteiger partial charge in [0.2, 0.25) is 0 Å². The second-order valence-electron chi connectivity index (χ2n) is 4.89. The van der Waals surface area contributed by atoms with E-state index in [2.05, 4.69) is 4.90 Å². The SMILES string of the molecule is CC1=C(O)[C@@H](CN2CCCCC2)C(O)C=C1. The molecule has 0 bridgehead atoms. The third kappa shape index (κ3) is 2.47. The van der Waals surface area contributed by atoms with Crippen LogP contribution in [-0.4, -0.2) is 40.9 Å². The Morgan fingerprint density at radius 1 is 1.31 bits per heavy atom. The number of piperidine rings is 1. The molecule has 1 aliphatic carbocycles. The summed E-state index contributed by atoms with van der Waals surface area (Å²) in [5.74, 6) is 0.226. The summed E-state index contributed by atoms with van der Waals surface area (Å²) in [6.07, 6.45) is 6.83. The first kappa shape index (κ1) is 11.7. The maximum Gasteiger partial charge on any atom is 0.102 e. The van der Waals surface area contributed by atoms with Crippen LogP contribution in [0.3, 0.4) is 0 Å². The van der Waals surface area contributed by atoms with E-state index in [9.17, 15) is 10.2 Å². The van der Waals surface area contributed by atoms with Gasteiger partial charge in [-0.05, 0) is 38.4 Å². The van der Waals surface area contributed by atoms with Crippen LogP contribution in [0.4, 0.5) is 0 Å². The van der Waals surface area contributed by atoms with Gasteiger partial charge in [-0.2, -0.15) is 0 Å². The Labute approximate surface area is 97.1 Å². The molecule has 1 saturated heterocycles. The third-order valence-electron chi connectivity index (χ3n) is 3.61. The number of aliphatic hydroxyl groups excluding tert-OH is 2. The lowest BCUT2D eigenvalue weighted by atomic mass is 9.91. The van der Waals surface area contributed by atoms with Crippen molar-refractivity contribution >= 4 is 0 Å². The van der Waals surface area contributed by atoms with E-state index < -0.39 is 6.10 Å². The van der Waals surface area contributed by atoms with Crippen molar-refractivity contribution in [1.82, 2.24) is 4.90 Å². The molecule has 2 atom stereocenters. The fraction of sp³-hybridized carbons (Fsp3) is 0.692. The van der Waals surface area contributed by atoms with E-state index >= 15 is 0 Å². The lowest BCUT2D eigenvalue weighted by Gasteiger charge is -2.33. The van der Waals surface area contributed by atoms with Gasteiger partial charge in [-0.25, -0.2) is 0 Å². The summed E-state index contributed by atoms with van der Waals surface area (Å²) in [4.78, 5) is 2.35. The minimum Gasteiger partial charge on any atom is -0.512 e. The molecule has 2 rings (SSSR count). The van der Waals surface area contributed by atoms with Crippen molar-refractivity contribution in [2.24, 2.45) is 5.92 Å². The van der Waals surface area contributed by atoms with E-state index in [0.29, 0.717) is 5.76 Å². The molecule has 0 radical (unpaired) electrons. The summed E-state index contributed by atoms with van der Waals surface area (Å²) < 4.78 is 0. The number of likely N-dealkylation sites (tertiary alicyclic amines) is 1. The van der Waals surface area contributed by atoms with Gasteiger partial charge >= 0.3 is 0 Å². The Hall–Kier alpha value is -0.800. The quantitative estimate of drug-likeness (QED) is 0.751. The van der Waals surface area contributed by atoms with E-state index in [1.165, 1.54) is 19.3 Å². The van der Waals surface area contributed by atoms with Gasteiger partial charge in [0.05, 0.1) is 12.0 Å². The monoisotopic (exact) mass is 223 g/mol. The summed E-state index contributed by atoms with van der Waals surface area (Å²) in [6.45, 7) is 4.86. The maximum atomic E-state index is 9.98. The predicted molar refractivity (Wildman–Crippen MR) is 64.3 cm³/mol. The first-order valence-electron chi connectivity index (χ1n) is 6.17. The second kappa shape index (κ2) is 5.02. The minimum absolute atomic E-state index is 0.136. The van der Waals surface area contributed by atoms with Crippen molar-refractivity contribution < 1.29 is 10.2 Å². The average molecular weight is 223 g/mol. The van der Waals surface area contributed by atoms with Crippen LogP contribution in [-0.2, 0) is 0 Å². The molecular formula is C13H21NO2. The van der Waals surface area contributed by atoms with Crippen LogP contribution < -0.4 is 0 Å². The fourth-order valence-electron chi connectivity index (χ4n) is 2.53. The Morgan fingerprint density at radius 2 is 2.00 bits per heavy atom. The predicted octanol–water partition coefficient (Wildman–Crippen LogP) is 1.85. The first-order valence-corrected chi connectivity index (χ1v) is 6.17. The molecule has 90 valence electrons. The van der Waals surface area contributed by atoms with E-state index in [1.54, 1.807) is 12.2 Å². The van der Waals surface area contributed by atoms with Crippen LogP contribution in [0.5, 0.6) is 0 Å². The van der Waals surface area contributed by atoms with E-state index in [0.717, 1.165) is 25.2 Å². The molecule has 1 heterocycles. The summed E-state index contributed by atoms with van der Waals surface area (Å²) in [6, 6.07) is 0. The van der Waals surface area contributed by atoms with Gasteiger partial charge in [0.15, 0.2) is 0 Å². The van der Waals surface area contributed by atoms with Gasteiger partial charge in [0.1, 0.15) is 5.76 Å². The molecule has 1 unspecified atom stereocenters. The summed E-state index contributed by atoms with van der Waals surface area (Å²) >= 11 is 0. The number of allylic oxidation sites excluding steroid dienone is 2. The van der Waals surface area contributed by atoms with Crippen molar-refractivity contribution in [3.05, 3.63) is 23.5 Å². The van der Waals surface area contributed by atoms with Crippen LogP contribution >= 0.6 is 0 Å². The topological polar surface area (TPSA) is 43.7 Å². The van der Waals surface area contributed by atoms with Crippen LogP contribution in [0.1, 0.15) is 26.2 Å². The number of hydrogen-bond acceptors (Lipinski definition) is 3. The van der Waals surface area contributed by atoms with Gasteiger partial charge in [0.25, 0.3) is 0 Å². The Bertz CT molecular complexity index is 303. The molecule has 2 N–H and O–H groups in total. The molecular weight excluding hydrogens is 202 g/mol. The average Bonchev–Trinajstić information content (AvgIpc) is 2.31. The summed E-state index contributed by atoms with van der Waals surface area (Å²) in [5.41, 5.74) is 0.882. The summed E-state index contributed by atoms with van der Waals surface area (Å²) in [7, 11) is 0. The highest BCUT2D eigenvalue weighted by atomic mass is 16.3. The van der Waals surface area contributed by atoms with Gasteiger partial charge < -0.3 is 15.1 Å². The Balaban J connectivity index is 2.00. The van der Waals surface area contributed by atoms with E-state index in [1.807, 2.05) is 6.92 Å². The highest BCUT2D eigenvalue weighted by molar-refractivity contribution is 5.28. The maximum absolute atomic E-state index is 9.98. The highest BCUT2D eigenvalue weighted by Crippen LogP contribution is 2.25. The minimum atomic E-state index is -0.536. The molecule has 16 heavy (non-hydrogen) atoms. The zero-order chi connectivity index (χ0) is 11.5. The van der Waals surface area contributed by atoms with Crippen molar-refractivity contribution in [3.63, 3.8) is 0 Å². The highest BCUT2D eigenvalue weighted by Gasteiger charge is 2.28. The van der Waals surface area contributed by atoms with Crippen molar-refractivity contribution in [2.45, 2.75) is 32.3 Å².